The summed E-state index contributed by atoms with van der Waals surface area (Å²) in [6.07, 6.45) is 0.854. The van der Waals surface area contributed by atoms with Gasteiger partial charge in [0.1, 0.15) is 17.2 Å². The van der Waals surface area contributed by atoms with Gasteiger partial charge in [-0.3, -0.25) is 4.79 Å². The molecule has 0 fully saturated rings. The molecule has 2 N–H and O–H groups in total. The van der Waals surface area contributed by atoms with Gasteiger partial charge in [0.05, 0.1) is 19.6 Å². The minimum atomic E-state index is -0.961. The third-order valence-electron chi connectivity index (χ3n) is 7.16. The lowest BCUT2D eigenvalue weighted by Gasteiger charge is -2.33. The van der Waals surface area contributed by atoms with Crippen molar-refractivity contribution in [1.82, 2.24) is 0 Å². The zero-order valence-corrected chi connectivity index (χ0v) is 19.9. The number of benzene rings is 3. The van der Waals surface area contributed by atoms with E-state index < -0.39 is 23.2 Å². The highest BCUT2D eigenvalue weighted by atomic mass is 16.7. The molecule has 7 heteroatoms. The van der Waals surface area contributed by atoms with Crippen LogP contribution in [0.15, 0.2) is 54.6 Å². The lowest BCUT2D eigenvalue weighted by molar-refractivity contribution is -0.143. The topological polar surface area (TPSA) is 94.5 Å². The quantitative estimate of drug-likeness (QED) is 0.492. The van der Waals surface area contributed by atoms with Gasteiger partial charge in [0, 0.05) is 23.0 Å². The third-order valence-corrected chi connectivity index (χ3v) is 7.16. The second-order valence-electron chi connectivity index (χ2n) is 9.09. The van der Waals surface area contributed by atoms with E-state index in [4.69, 9.17) is 18.9 Å². The number of hydrogen-bond donors (Lipinski definition) is 2. The number of carbonyl (C=O) groups is 1. The summed E-state index contributed by atoms with van der Waals surface area (Å²) in [6.45, 7) is 4.66. The SMILES string of the molecule is CCCOc1ccc2c(c1)[C@@H](c1ccc(OC)cc1O)[C@H](C(=O)O)[C@@]2(C)c1ccc2c(c1)OCO2. The zero-order chi connectivity index (χ0) is 24.7. The van der Waals surface area contributed by atoms with Crippen molar-refractivity contribution < 1.29 is 34.0 Å². The van der Waals surface area contributed by atoms with Gasteiger partial charge in [0.15, 0.2) is 11.5 Å². The van der Waals surface area contributed by atoms with Crippen LogP contribution < -0.4 is 18.9 Å². The first-order valence-corrected chi connectivity index (χ1v) is 11.7. The van der Waals surface area contributed by atoms with Crippen molar-refractivity contribution >= 4 is 5.97 Å². The molecule has 182 valence electrons. The van der Waals surface area contributed by atoms with Gasteiger partial charge in [0.25, 0.3) is 0 Å². The Labute approximate surface area is 203 Å². The van der Waals surface area contributed by atoms with E-state index in [0.29, 0.717) is 35.2 Å². The fourth-order valence-corrected chi connectivity index (χ4v) is 5.47. The van der Waals surface area contributed by atoms with E-state index in [1.54, 1.807) is 12.1 Å². The van der Waals surface area contributed by atoms with Gasteiger partial charge in [-0.05, 0) is 53.4 Å². The molecule has 1 heterocycles. The van der Waals surface area contributed by atoms with E-state index in [-0.39, 0.29) is 12.5 Å². The van der Waals surface area contributed by atoms with Gasteiger partial charge in [-0.1, -0.05) is 32.0 Å². The summed E-state index contributed by atoms with van der Waals surface area (Å²) in [6, 6.07) is 16.3. The van der Waals surface area contributed by atoms with Gasteiger partial charge in [0.2, 0.25) is 6.79 Å². The number of fused-ring (bicyclic) bond motifs is 2. The third kappa shape index (κ3) is 3.62. The molecule has 0 radical (unpaired) electrons. The highest BCUT2D eigenvalue weighted by Crippen LogP contribution is 2.59. The van der Waals surface area contributed by atoms with Crippen molar-refractivity contribution in [2.45, 2.75) is 31.6 Å². The Hall–Kier alpha value is -3.87. The molecule has 3 atom stereocenters. The number of aromatic hydroxyl groups is 1. The molecule has 1 aliphatic heterocycles. The molecule has 0 aromatic heterocycles. The van der Waals surface area contributed by atoms with Crippen LogP contribution in [-0.2, 0) is 10.2 Å². The maximum absolute atomic E-state index is 13.0. The smallest absolute Gasteiger partial charge is 0.308 e. The summed E-state index contributed by atoms with van der Waals surface area (Å²) in [5, 5.41) is 21.6. The van der Waals surface area contributed by atoms with Crippen molar-refractivity contribution in [2.75, 3.05) is 20.5 Å². The Bertz CT molecular complexity index is 1280. The number of aliphatic carboxylic acids is 1. The highest BCUT2D eigenvalue weighted by molar-refractivity contribution is 5.80. The molecule has 0 amide bonds. The normalized spacial score (nSPS) is 22.0. The van der Waals surface area contributed by atoms with E-state index in [0.717, 1.165) is 23.1 Å². The highest BCUT2D eigenvalue weighted by Gasteiger charge is 2.55. The van der Waals surface area contributed by atoms with Crippen LogP contribution >= 0.6 is 0 Å². The molecule has 3 aromatic carbocycles. The molecule has 0 saturated heterocycles. The van der Waals surface area contributed by atoms with Crippen LogP contribution in [0.2, 0.25) is 0 Å². The Kier molecular flexibility index (Phi) is 5.71. The standard InChI is InChI=1S/C28H28O7/c1-4-11-33-18-7-9-21-20(13-18)25(19-8-6-17(32-3)14-22(19)29)26(27(30)31)28(21,2)16-5-10-23-24(12-16)35-15-34-23/h5-10,12-14,25-26,29H,4,11,15H2,1-3H3,(H,30,31)/t25-,26-,28+/m1/s1. The molecular formula is C28H28O7. The predicted molar refractivity (Wildman–Crippen MR) is 129 cm³/mol. The zero-order valence-electron chi connectivity index (χ0n) is 19.9. The number of phenols is 1. The largest absolute Gasteiger partial charge is 0.508 e. The Morgan fingerprint density at radius 2 is 1.80 bits per heavy atom. The van der Waals surface area contributed by atoms with Crippen molar-refractivity contribution in [2.24, 2.45) is 5.92 Å². The van der Waals surface area contributed by atoms with Crippen LogP contribution in [0.5, 0.6) is 28.7 Å². The summed E-state index contributed by atoms with van der Waals surface area (Å²) in [7, 11) is 1.52. The molecule has 35 heavy (non-hydrogen) atoms. The second kappa shape index (κ2) is 8.73. The van der Waals surface area contributed by atoms with Crippen LogP contribution in [0.3, 0.4) is 0 Å². The van der Waals surface area contributed by atoms with E-state index in [9.17, 15) is 15.0 Å². The van der Waals surface area contributed by atoms with Crippen LogP contribution in [-0.4, -0.2) is 36.7 Å². The molecule has 7 nitrogen and oxygen atoms in total. The lowest BCUT2D eigenvalue weighted by atomic mass is 9.68. The minimum absolute atomic E-state index is 0.0126. The van der Waals surface area contributed by atoms with Crippen LogP contribution in [0.4, 0.5) is 0 Å². The van der Waals surface area contributed by atoms with Crippen LogP contribution in [0.25, 0.3) is 0 Å². The molecule has 5 rings (SSSR count). The van der Waals surface area contributed by atoms with Crippen molar-refractivity contribution in [3.05, 3.63) is 76.9 Å². The maximum atomic E-state index is 13.0. The number of hydrogen-bond acceptors (Lipinski definition) is 6. The molecule has 1 aliphatic carbocycles. The number of methoxy groups -OCH3 is 1. The maximum Gasteiger partial charge on any atom is 0.308 e. The number of carboxylic acid groups (broad SMARTS) is 1. The number of ether oxygens (including phenoxy) is 4. The van der Waals surface area contributed by atoms with Gasteiger partial charge < -0.3 is 29.2 Å². The summed E-state index contributed by atoms with van der Waals surface area (Å²) >= 11 is 0. The van der Waals surface area contributed by atoms with Gasteiger partial charge in [-0.25, -0.2) is 0 Å². The molecule has 0 bridgehead atoms. The fraction of sp³-hybridized carbons (Fsp3) is 0.321. The number of phenolic OH excluding ortho intramolecular Hbond substituents is 1. The fourth-order valence-electron chi connectivity index (χ4n) is 5.47. The molecule has 2 aliphatic rings. The Morgan fingerprint density at radius 1 is 1.03 bits per heavy atom. The van der Waals surface area contributed by atoms with Crippen LogP contribution in [0.1, 0.15) is 48.4 Å². The van der Waals surface area contributed by atoms with E-state index >= 15 is 0 Å². The van der Waals surface area contributed by atoms with E-state index in [1.165, 1.54) is 13.2 Å². The molecule has 3 aromatic rings. The summed E-state index contributed by atoms with van der Waals surface area (Å²) in [5.74, 6) is -0.104. The molecule has 0 spiro atoms. The summed E-state index contributed by atoms with van der Waals surface area (Å²) in [5.41, 5.74) is 2.09. The first-order valence-electron chi connectivity index (χ1n) is 11.7. The monoisotopic (exact) mass is 476 g/mol. The Morgan fingerprint density at radius 3 is 2.51 bits per heavy atom. The van der Waals surface area contributed by atoms with E-state index in [2.05, 4.69) is 0 Å². The van der Waals surface area contributed by atoms with Crippen molar-refractivity contribution in [3.8, 4) is 28.7 Å². The van der Waals surface area contributed by atoms with Gasteiger partial charge >= 0.3 is 5.97 Å². The van der Waals surface area contributed by atoms with Crippen molar-refractivity contribution in [3.63, 3.8) is 0 Å². The van der Waals surface area contributed by atoms with Crippen LogP contribution in [0, 0.1) is 5.92 Å². The lowest BCUT2D eigenvalue weighted by Crippen LogP contribution is -2.37. The van der Waals surface area contributed by atoms with Crippen molar-refractivity contribution in [1.29, 1.82) is 0 Å². The summed E-state index contributed by atoms with van der Waals surface area (Å²) in [4.78, 5) is 13.0. The Balaban J connectivity index is 1.74. The van der Waals surface area contributed by atoms with Gasteiger partial charge in [-0.2, -0.15) is 0 Å². The number of carboxylic acids is 1. The molecule has 0 saturated carbocycles. The first-order chi connectivity index (χ1) is 16.9. The first kappa shape index (κ1) is 22.9. The van der Waals surface area contributed by atoms with E-state index in [1.807, 2.05) is 50.2 Å². The van der Waals surface area contributed by atoms with Gasteiger partial charge in [-0.15, -0.1) is 0 Å². The predicted octanol–water partition coefficient (Wildman–Crippen LogP) is 5.07. The average molecular weight is 477 g/mol. The molecule has 0 unspecified atom stereocenters. The summed E-state index contributed by atoms with van der Waals surface area (Å²) < 4.78 is 22.2. The average Bonchev–Trinajstić information content (AvgIpc) is 3.43. The number of rotatable bonds is 7. The minimum Gasteiger partial charge on any atom is -0.508 e. The molecular weight excluding hydrogens is 448 g/mol. The second-order valence-corrected chi connectivity index (χ2v) is 9.09.